The van der Waals surface area contributed by atoms with E-state index in [-0.39, 0.29) is 11.7 Å². The van der Waals surface area contributed by atoms with Crippen molar-refractivity contribution in [2.75, 3.05) is 5.32 Å². The van der Waals surface area contributed by atoms with Crippen molar-refractivity contribution < 1.29 is 13.2 Å². The zero-order valence-electron chi connectivity index (χ0n) is 10.5. The summed E-state index contributed by atoms with van der Waals surface area (Å²) in [6.07, 6.45) is -4.36. The first-order valence-corrected chi connectivity index (χ1v) is 6.60. The van der Waals surface area contributed by atoms with E-state index < -0.39 is 11.7 Å². The Morgan fingerprint density at radius 1 is 1.26 bits per heavy atom. The van der Waals surface area contributed by atoms with E-state index in [0.717, 1.165) is 16.6 Å². The first kappa shape index (κ1) is 13.9. The van der Waals surface area contributed by atoms with Crippen molar-refractivity contribution in [2.45, 2.75) is 26.1 Å². The molecule has 2 aromatic rings. The van der Waals surface area contributed by atoms with Gasteiger partial charge < -0.3 is 5.32 Å². The standard InChI is InChI=1S/C13H13F3N2S/c1-8-12(19-7-17-8)9(2)18-11-6-4-3-5-10(11)13(14,15)16/h3-7,9,18H,1-2H3. The van der Waals surface area contributed by atoms with Gasteiger partial charge in [0.2, 0.25) is 0 Å². The third-order valence-electron chi connectivity index (χ3n) is 2.78. The van der Waals surface area contributed by atoms with E-state index >= 15 is 0 Å². The number of hydrogen-bond acceptors (Lipinski definition) is 3. The predicted octanol–water partition coefficient (Wildman–Crippen LogP) is 4.64. The van der Waals surface area contributed by atoms with Gasteiger partial charge in [0, 0.05) is 10.6 Å². The Morgan fingerprint density at radius 3 is 2.53 bits per heavy atom. The van der Waals surface area contributed by atoms with Gasteiger partial charge in [-0.2, -0.15) is 13.2 Å². The molecule has 19 heavy (non-hydrogen) atoms. The Balaban J connectivity index is 2.27. The number of para-hydroxylation sites is 1. The molecule has 2 nitrogen and oxygen atoms in total. The van der Waals surface area contributed by atoms with Crippen LogP contribution in [0.3, 0.4) is 0 Å². The van der Waals surface area contributed by atoms with Gasteiger partial charge in [-0.05, 0) is 26.0 Å². The van der Waals surface area contributed by atoms with Crippen LogP contribution in [-0.4, -0.2) is 4.98 Å². The average molecular weight is 286 g/mol. The summed E-state index contributed by atoms with van der Waals surface area (Å²) in [7, 11) is 0. The zero-order valence-corrected chi connectivity index (χ0v) is 11.3. The van der Waals surface area contributed by atoms with Crippen molar-refractivity contribution in [1.29, 1.82) is 0 Å². The molecule has 102 valence electrons. The van der Waals surface area contributed by atoms with Crippen molar-refractivity contribution in [2.24, 2.45) is 0 Å². The maximum atomic E-state index is 12.9. The number of hydrogen-bond donors (Lipinski definition) is 1. The molecule has 1 unspecified atom stereocenters. The van der Waals surface area contributed by atoms with Crippen LogP contribution in [0, 0.1) is 6.92 Å². The number of halogens is 3. The highest BCUT2D eigenvalue weighted by atomic mass is 32.1. The van der Waals surface area contributed by atoms with Crippen LogP contribution in [0.1, 0.15) is 29.1 Å². The van der Waals surface area contributed by atoms with E-state index in [1.807, 2.05) is 13.8 Å². The summed E-state index contributed by atoms with van der Waals surface area (Å²) in [5, 5.41) is 2.91. The first-order chi connectivity index (χ1) is 8.89. The van der Waals surface area contributed by atoms with Crippen LogP contribution in [-0.2, 0) is 6.18 Å². The molecular formula is C13H13F3N2S. The first-order valence-electron chi connectivity index (χ1n) is 5.72. The molecule has 0 spiro atoms. The summed E-state index contributed by atoms with van der Waals surface area (Å²) in [6.45, 7) is 3.67. The van der Waals surface area contributed by atoms with Crippen LogP contribution in [0.25, 0.3) is 0 Å². The molecule has 1 atom stereocenters. The van der Waals surface area contributed by atoms with Crippen molar-refractivity contribution in [3.63, 3.8) is 0 Å². The smallest absolute Gasteiger partial charge is 0.377 e. The lowest BCUT2D eigenvalue weighted by Gasteiger charge is -2.18. The van der Waals surface area contributed by atoms with Gasteiger partial charge in [0.05, 0.1) is 22.8 Å². The maximum Gasteiger partial charge on any atom is 0.418 e. The van der Waals surface area contributed by atoms with Gasteiger partial charge >= 0.3 is 6.18 Å². The number of benzene rings is 1. The minimum atomic E-state index is -4.36. The number of rotatable bonds is 3. The molecule has 0 fully saturated rings. The zero-order chi connectivity index (χ0) is 14.0. The Hall–Kier alpha value is -1.56. The largest absolute Gasteiger partial charge is 0.418 e. The van der Waals surface area contributed by atoms with Gasteiger partial charge in [-0.3, -0.25) is 0 Å². The lowest BCUT2D eigenvalue weighted by molar-refractivity contribution is -0.137. The summed E-state index contributed by atoms with van der Waals surface area (Å²) in [6, 6.07) is 5.28. The normalized spacial score (nSPS) is 13.3. The second-order valence-corrected chi connectivity index (χ2v) is 5.10. The summed E-state index contributed by atoms with van der Waals surface area (Å²) in [5.74, 6) is 0. The number of alkyl halides is 3. The number of thiazole rings is 1. The predicted molar refractivity (Wildman–Crippen MR) is 70.3 cm³/mol. The Morgan fingerprint density at radius 2 is 1.95 bits per heavy atom. The molecule has 0 radical (unpaired) electrons. The second-order valence-electron chi connectivity index (χ2n) is 4.21. The van der Waals surface area contributed by atoms with Gasteiger partial charge in [0.1, 0.15) is 0 Å². The molecule has 1 heterocycles. The van der Waals surface area contributed by atoms with Crippen LogP contribution in [0.5, 0.6) is 0 Å². The molecule has 0 bridgehead atoms. The average Bonchev–Trinajstić information content (AvgIpc) is 2.75. The van der Waals surface area contributed by atoms with E-state index in [1.54, 1.807) is 11.6 Å². The highest BCUT2D eigenvalue weighted by Gasteiger charge is 2.33. The molecule has 0 aliphatic heterocycles. The molecule has 1 aromatic heterocycles. The Bertz CT molecular complexity index is 563. The van der Waals surface area contributed by atoms with E-state index in [9.17, 15) is 13.2 Å². The molecule has 0 aliphatic carbocycles. The molecule has 2 rings (SSSR count). The monoisotopic (exact) mass is 286 g/mol. The summed E-state index contributed by atoms with van der Waals surface area (Å²) in [5.41, 5.74) is 1.98. The highest BCUT2D eigenvalue weighted by Crippen LogP contribution is 2.36. The van der Waals surface area contributed by atoms with Crippen LogP contribution in [0.2, 0.25) is 0 Å². The van der Waals surface area contributed by atoms with Crippen LogP contribution >= 0.6 is 11.3 Å². The Kier molecular flexibility index (Phi) is 3.80. The van der Waals surface area contributed by atoms with Crippen molar-refractivity contribution in [3.8, 4) is 0 Å². The second kappa shape index (κ2) is 5.21. The molecule has 6 heteroatoms. The lowest BCUT2D eigenvalue weighted by atomic mass is 10.1. The summed E-state index contributed by atoms with van der Waals surface area (Å²) >= 11 is 1.44. The number of nitrogens with one attached hydrogen (secondary N) is 1. The number of anilines is 1. The molecular weight excluding hydrogens is 273 g/mol. The van der Waals surface area contributed by atoms with Gasteiger partial charge in [0.15, 0.2) is 0 Å². The number of aryl methyl sites for hydroxylation is 1. The molecule has 0 saturated carbocycles. The molecule has 1 aromatic carbocycles. The van der Waals surface area contributed by atoms with Crippen molar-refractivity contribution in [3.05, 3.63) is 45.9 Å². The lowest BCUT2D eigenvalue weighted by Crippen LogP contribution is -2.13. The fourth-order valence-electron chi connectivity index (χ4n) is 1.88. The Labute approximate surface area is 113 Å². The fourth-order valence-corrected chi connectivity index (χ4v) is 2.69. The van der Waals surface area contributed by atoms with Gasteiger partial charge in [0.25, 0.3) is 0 Å². The third kappa shape index (κ3) is 3.07. The topological polar surface area (TPSA) is 24.9 Å². The van der Waals surface area contributed by atoms with Crippen LogP contribution < -0.4 is 5.32 Å². The van der Waals surface area contributed by atoms with E-state index in [1.165, 1.54) is 23.5 Å². The SMILES string of the molecule is Cc1ncsc1C(C)Nc1ccccc1C(F)(F)F. The van der Waals surface area contributed by atoms with Gasteiger partial charge in [-0.25, -0.2) is 4.98 Å². The van der Waals surface area contributed by atoms with Gasteiger partial charge in [-0.15, -0.1) is 11.3 Å². The van der Waals surface area contributed by atoms with Crippen LogP contribution in [0.4, 0.5) is 18.9 Å². The number of aromatic nitrogens is 1. The van der Waals surface area contributed by atoms with Crippen molar-refractivity contribution in [1.82, 2.24) is 4.98 Å². The summed E-state index contributed by atoms with van der Waals surface area (Å²) in [4.78, 5) is 5.05. The molecule has 0 aliphatic rings. The quantitative estimate of drug-likeness (QED) is 0.888. The van der Waals surface area contributed by atoms with Crippen LogP contribution in [0.15, 0.2) is 29.8 Å². The molecule has 0 amide bonds. The van der Waals surface area contributed by atoms with E-state index in [2.05, 4.69) is 10.3 Å². The minimum absolute atomic E-state index is 0.0929. The van der Waals surface area contributed by atoms with E-state index in [0.29, 0.717) is 0 Å². The fraction of sp³-hybridized carbons (Fsp3) is 0.308. The molecule has 1 N–H and O–H groups in total. The van der Waals surface area contributed by atoms with Crippen molar-refractivity contribution >= 4 is 17.0 Å². The molecule has 0 saturated heterocycles. The van der Waals surface area contributed by atoms with E-state index in [4.69, 9.17) is 0 Å². The van der Waals surface area contributed by atoms with Gasteiger partial charge in [-0.1, -0.05) is 12.1 Å². The highest BCUT2D eigenvalue weighted by molar-refractivity contribution is 7.09. The third-order valence-corrected chi connectivity index (χ3v) is 3.89. The summed E-state index contributed by atoms with van der Waals surface area (Å²) < 4.78 is 38.6. The number of nitrogens with zero attached hydrogens (tertiary/aromatic N) is 1. The maximum absolute atomic E-state index is 12.9. The minimum Gasteiger partial charge on any atom is -0.377 e.